The minimum Gasteiger partial charge on any atom is -0.497 e. The highest BCUT2D eigenvalue weighted by molar-refractivity contribution is 5.69. The normalized spacial score (nSPS) is 18.2. The van der Waals surface area contributed by atoms with E-state index in [2.05, 4.69) is 5.32 Å². The Labute approximate surface area is 144 Å². The molecule has 1 aliphatic rings. The Hall–Kier alpha value is -1.95. The van der Waals surface area contributed by atoms with Gasteiger partial charge in [0.1, 0.15) is 17.1 Å². The molecule has 0 saturated carbocycles. The number of nitrogens with one attached hydrogen (secondary N) is 1. The van der Waals surface area contributed by atoms with Crippen molar-refractivity contribution in [3.05, 3.63) is 23.8 Å². The lowest BCUT2D eigenvalue weighted by Gasteiger charge is -2.37. The van der Waals surface area contributed by atoms with Crippen molar-refractivity contribution in [3.63, 3.8) is 0 Å². The molecule has 0 aromatic heterocycles. The first kappa shape index (κ1) is 18.4. The van der Waals surface area contributed by atoms with E-state index in [4.69, 9.17) is 14.2 Å². The molecule has 1 fully saturated rings. The Bertz CT molecular complexity index is 569. The molecule has 0 bridgehead atoms. The van der Waals surface area contributed by atoms with Gasteiger partial charge in [0.05, 0.1) is 20.3 Å². The number of amides is 1. The zero-order valence-corrected chi connectivity index (χ0v) is 15.2. The number of carbonyl (C=O) groups is 1. The predicted octanol–water partition coefficient (Wildman–Crippen LogP) is 2.46. The lowest BCUT2D eigenvalue weighted by molar-refractivity contribution is 0.0121. The highest BCUT2D eigenvalue weighted by atomic mass is 16.6. The fraction of sp³-hybridized carbons (Fsp3) is 0.611. The number of carbonyl (C=O) groups excluding carboxylic acids is 1. The summed E-state index contributed by atoms with van der Waals surface area (Å²) in [6.07, 6.45) is 0.431. The van der Waals surface area contributed by atoms with Gasteiger partial charge in [-0.25, -0.2) is 4.79 Å². The fourth-order valence-corrected chi connectivity index (χ4v) is 2.78. The molecule has 0 spiro atoms. The molecular formula is C18H28N2O4. The average Bonchev–Trinajstić information content (AvgIpc) is 2.54. The van der Waals surface area contributed by atoms with Crippen LogP contribution in [-0.2, 0) is 11.2 Å². The van der Waals surface area contributed by atoms with Crippen molar-refractivity contribution in [2.45, 2.75) is 38.8 Å². The summed E-state index contributed by atoms with van der Waals surface area (Å²) in [7, 11) is 3.27. The van der Waals surface area contributed by atoms with Gasteiger partial charge in [-0.2, -0.15) is 0 Å². The van der Waals surface area contributed by atoms with Crippen LogP contribution < -0.4 is 14.8 Å². The van der Waals surface area contributed by atoms with Gasteiger partial charge in [-0.15, -0.1) is 0 Å². The minimum absolute atomic E-state index is 0.0240. The average molecular weight is 336 g/mol. The molecule has 0 aliphatic carbocycles. The van der Waals surface area contributed by atoms with Crippen LogP contribution in [0.1, 0.15) is 26.3 Å². The molecule has 0 radical (unpaired) electrons. The van der Waals surface area contributed by atoms with Gasteiger partial charge in [0, 0.05) is 25.7 Å². The second-order valence-electron chi connectivity index (χ2n) is 6.91. The first-order valence-electron chi connectivity index (χ1n) is 8.25. The lowest BCUT2D eigenvalue weighted by atomic mass is 10.0. The van der Waals surface area contributed by atoms with Crippen LogP contribution in [0.3, 0.4) is 0 Å². The molecule has 1 aromatic rings. The van der Waals surface area contributed by atoms with Gasteiger partial charge < -0.3 is 24.4 Å². The monoisotopic (exact) mass is 336 g/mol. The molecule has 6 nitrogen and oxygen atoms in total. The zero-order chi connectivity index (χ0) is 17.7. The van der Waals surface area contributed by atoms with Crippen molar-refractivity contribution >= 4 is 6.09 Å². The highest BCUT2D eigenvalue weighted by Crippen LogP contribution is 2.27. The van der Waals surface area contributed by atoms with Crippen LogP contribution in [0, 0.1) is 0 Å². The van der Waals surface area contributed by atoms with E-state index < -0.39 is 5.60 Å². The number of methoxy groups -OCH3 is 2. The van der Waals surface area contributed by atoms with Crippen LogP contribution in [0.15, 0.2) is 18.2 Å². The van der Waals surface area contributed by atoms with E-state index in [1.165, 1.54) is 0 Å². The molecule has 1 amide bonds. The molecular weight excluding hydrogens is 308 g/mol. The van der Waals surface area contributed by atoms with Gasteiger partial charge in [-0.3, -0.25) is 0 Å². The zero-order valence-electron chi connectivity index (χ0n) is 15.2. The smallest absolute Gasteiger partial charge is 0.410 e. The third kappa shape index (κ3) is 4.77. The SMILES string of the molecule is COc1ccc(CC2CNCCN2C(=O)OC(C)(C)C)c(OC)c1. The molecule has 1 atom stereocenters. The molecule has 134 valence electrons. The number of piperazine rings is 1. The quantitative estimate of drug-likeness (QED) is 0.915. The topological polar surface area (TPSA) is 60.0 Å². The van der Waals surface area contributed by atoms with Crippen LogP contribution in [-0.4, -0.2) is 56.5 Å². The van der Waals surface area contributed by atoms with Crippen LogP contribution in [0.4, 0.5) is 4.79 Å². The van der Waals surface area contributed by atoms with Gasteiger partial charge in [0.15, 0.2) is 0 Å². The molecule has 1 aromatic carbocycles. The van der Waals surface area contributed by atoms with Crippen molar-refractivity contribution in [3.8, 4) is 11.5 Å². The highest BCUT2D eigenvalue weighted by Gasteiger charge is 2.31. The summed E-state index contributed by atoms with van der Waals surface area (Å²) in [5, 5.41) is 3.35. The molecule has 1 N–H and O–H groups in total. The molecule has 1 aliphatic heterocycles. The Morgan fingerprint density at radius 2 is 2.04 bits per heavy atom. The van der Waals surface area contributed by atoms with Crippen molar-refractivity contribution in [2.24, 2.45) is 0 Å². The van der Waals surface area contributed by atoms with Gasteiger partial charge in [-0.05, 0) is 38.8 Å². The third-order valence-corrected chi connectivity index (χ3v) is 3.93. The standard InChI is InChI=1S/C18H28N2O4/c1-18(2,3)24-17(21)20-9-8-19-12-14(20)10-13-6-7-15(22-4)11-16(13)23-5/h6-7,11,14,19H,8-10,12H2,1-5H3. The maximum Gasteiger partial charge on any atom is 0.410 e. The van der Waals surface area contributed by atoms with Gasteiger partial charge in [0.2, 0.25) is 0 Å². The first-order chi connectivity index (χ1) is 11.3. The van der Waals surface area contributed by atoms with E-state index in [1.807, 2.05) is 43.9 Å². The molecule has 24 heavy (non-hydrogen) atoms. The summed E-state index contributed by atoms with van der Waals surface area (Å²) < 4.78 is 16.3. The second kappa shape index (κ2) is 7.75. The van der Waals surface area contributed by atoms with Gasteiger partial charge in [-0.1, -0.05) is 6.07 Å². The minimum atomic E-state index is -0.496. The summed E-state index contributed by atoms with van der Waals surface area (Å²) in [6, 6.07) is 5.78. The molecule has 1 saturated heterocycles. The summed E-state index contributed by atoms with van der Waals surface area (Å²) in [5.41, 5.74) is 0.546. The molecule has 6 heteroatoms. The van der Waals surface area contributed by atoms with Crippen LogP contribution in [0.2, 0.25) is 0 Å². The Morgan fingerprint density at radius 3 is 2.67 bits per heavy atom. The Balaban J connectivity index is 2.15. The van der Waals surface area contributed by atoms with Crippen LogP contribution >= 0.6 is 0 Å². The molecule has 1 heterocycles. The predicted molar refractivity (Wildman–Crippen MR) is 92.8 cm³/mol. The van der Waals surface area contributed by atoms with E-state index in [9.17, 15) is 4.79 Å². The van der Waals surface area contributed by atoms with E-state index >= 15 is 0 Å². The maximum absolute atomic E-state index is 12.5. The third-order valence-electron chi connectivity index (χ3n) is 3.93. The summed E-state index contributed by atoms with van der Waals surface area (Å²) in [5.74, 6) is 1.52. The van der Waals surface area contributed by atoms with Crippen molar-refractivity contribution in [1.82, 2.24) is 10.2 Å². The fourth-order valence-electron chi connectivity index (χ4n) is 2.78. The second-order valence-corrected chi connectivity index (χ2v) is 6.91. The maximum atomic E-state index is 12.5. The Kier molecular flexibility index (Phi) is 5.94. The first-order valence-corrected chi connectivity index (χ1v) is 8.25. The number of rotatable bonds is 4. The van der Waals surface area contributed by atoms with Gasteiger partial charge in [0.25, 0.3) is 0 Å². The summed E-state index contributed by atoms with van der Waals surface area (Å²) in [6.45, 7) is 7.79. The number of hydrogen-bond acceptors (Lipinski definition) is 5. The number of benzene rings is 1. The van der Waals surface area contributed by atoms with Crippen LogP contribution in [0.5, 0.6) is 11.5 Å². The van der Waals surface area contributed by atoms with Crippen molar-refractivity contribution in [2.75, 3.05) is 33.9 Å². The number of nitrogens with zero attached hydrogens (tertiary/aromatic N) is 1. The Morgan fingerprint density at radius 1 is 1.29 bits per heavy atom. The van der Waals surface area contributed by atoms with Crippen molar-refractivity contribution < 1.29 is 19.0 Å². The summed E-state index contributed by atoms with van der Waals surface area (Å²) in [4.78, 5) is 14.3. The summed E-state index contributed by atoms with van der Waals surface area (Å²) >= 11 is 0. The lowest BCUT2D eigenvalue weighted by Crippen LogP contribution is -2.55. The largest absolute Gasteiger partial charge is 0.497 e. The molecule has 1 unspecified atom stereocenters. The van der Waals surface area contributed by atoms with E-state index in [0.29, 0.717) is 13.0 Å². The number of hydrogen-bond donors (Lipinski definition) is 1. The van der Waals surface area contributed by atoms with Crippen LogP contribution in [0.25, 0.3) is 0 Å². The van der Waals surface area contributed by atoms with Gasteiger partial charge >= 0.3 is 6.09 Å². The number of ether oxygens (including phenoxy) is 3. The molecule has 2 rings (SSSR count). The van der Waals surface area contributed by atoms with E-state index in [1.54, 1.807) is 14.2 Å². The van der Waals surface area contributed by atoms with Crippen molar-refractivity contribution in [1.29, 1.82) is 0 Å². The van der Waals surface area contributed by atoms with E-state index in [0.717, 1.165) is 30.2 Å². The van der Waals surface area contributed by atoms with E-state index in [-0.39, 0.29) is 12.1 Å².